The molecule has 0 spiro atoms. The molecule has 0 heterocycles. The number of carboxylic acid groups (broad SMARTS) is 1. The minimum Gasteiger partial charge on any atom is -0.480 e. The molecule has 1 atom stereocenters. The minimum atomic E-state index is -1.22. The largest absolute Gasteiger partial charge is 0.480 e. The molecule has 2 amide bonds. The second-order valence-electron chi connectivity index (χ2n) is 4.20. The summed E-state index contributed by atoms with van der Waals surface area (Å²) in [5.74, 6) is -1.19. The van der Waals surface area contributed by atoms with E-state index in [2.05, 4.69) is 5.32 Å². The van der Waals surface area contributed by atoms with Crippen LogP contribution in [-0.4, -0.2) is 39.9 Å². The molecule has 0 rings (SSSR count). The molecule has 0 aliphatic heterocycles. The van der Waals surface area contributed by atoms with Crippen molar-refractivity contribution in [2.45, 2.75) is 38.6 Å². The van der Waals surface area contributed by atoms with Gasteiger partial charge in [0.05, 0.1) is 5.75 Å². The van der Waals surface area contributed by atoms with E-state index in [1.54, 1.807) is 0 Å². The number of thioether (sulfide) groups is 1. The summed E-state index contributed by atoms with van der Waals surface area (Å²) in [4.78, 5) is 33.1. The Kier molecular flexibility index (Phi) is 7.42. The van der Waals surface area contributed by atoms with Crippen LogP contribution in [0, 0.1) is 0 Å². The third kappa shape index (κ3) is 6.48. The van der Waals surface area contributed by atoms with E-state index in [1.807, 2.05) is 6.92 Å². The Hall–Kier alpha value is -1.24. The van der Waals surface area contributed by atoms with Gasteiger partial charge in [0.25, 0.3) is 0 Å². The number of hydrogen-bond donors (Lipinski definition) is 3. The summed E-state index contributed by atoms with van der Waals surface area (Å²) in [6.07, 6.45) is 1.21. The molecular weight excluding hydrogens is 256 g/mol. The van der Waals surface area contributed by atoms with Gasteiger partial charge in [-0.2, -0.15) is 11.8 Å². The zero-order valence-electron chi connectivity index (χ0n) is 10.7. The van der Waals surface area contributed by atoms with E-state index >= 15 is 0 Å². The summed E-state index contributed by atoms with van der Waals surface area (Å²) >= 11 is 1.25. The van der Waals surface area contributed by atoms with Gasteiger partial charge >= 0.3 is 5.97 Å². The summed E-state index contributed by atoms with van der Waals surface area (Å²) in [5, 5.41) is 11.6. The molecule has 0 aromatic heterocycles. The van der Waals surface area contributed by atoms with Crippen molar-refractivity contribution in [3.05, 3.63) is 0 Å². The summed E-state index contributed by atoms with van der Waals surface area (Å²) < 4.78 is 0. The highest BCUT2D eigenvalue weighted by Gasteiger charge is 2.33. The van der Waals surface area contributed by atoms with Gasteiger partial charge in [-0.15, -0.1) is 0 Å². The van der Waals surface area contributed by atoms with Crippen molar-refractivity contribution < 1.29 is 19.5 Å². The van der Waals surface area contributed by atoms with Gasteiger partial charge in [-0.3, -0.25) is 9.59 Å². The predicted octanol–water partition coefficient (Wildman–Crippen LogP) is 0.355. The lowest BCUT2D eigenvalue weighted by Gasteiger charge is -2.25. The Morgan fingerprint density at radius 2 is 2.00 bits per heavy atom. The third-order valence-corrected chi connectivity index (χ3v) is 3.34. The molecule has 0 aliphatic carbocycles. The summed E-state index contributed by atoms with van der Waals surface area (Å²) in [6.45, 7) is 3.35. The van der Waals surface area contributed by atoms with Gasteiger partial charge in [0, 0.05) is 12.2 Å². The van der Waals surface area contributed by atoms with Crippen LogP contribution in [0.3, 0.4) is 0 Å². The fourth-order valence-corrected chi connectivity index (χ4v) is 2.11. The lowest BCUT2D eigenvalue weighted by molar-refractivity contribution is -0.147. The van der Waals surface area contributed by atoms with Crippen LogP contribution in [0.15, 0.2) is 0 Å². The van der Waals surface area contributed by atoms with Crippen molar-refractivity contribution in [3.8, 4) is 0 Å². The zero-order chi connectivity index (χ0) is 14.2. The van der Waals surface area contributed by atoms with Crippen LogP contribution < -0.4 is 11.1 Å². The monoisotopic (exact) mass is 276 g/mol. The molecule has 104 valence electrons. The van der Waals surface area contributed by atoms with Crippen molar-refractivity contribution in [1.29, 1.82) is 0 Å². The minimum absolute atomic E-state index is 0.165. The molecule has 0 radical (unpaired) electrons. The van der Waals surface area contributed by atoms with Crippen molar-refractivity contribution in [3.63, 3.8) is 0 Å². The normalized spacial score (nSPS) is 13.7. The van der Waals surface area contributed by atoms with Gasteiger partial charge in [-0.25, -0.2) is 4.79 Å². The van der Waals surface area contributed by atoms with Crippen LogP contribution >= 0.6 is 11.8 Å². The number of aliphatic carboxylic acids is 1. The fraction of sp³-hybridized carbons (Fsp3) is 0.727. The molecule has 0 aliphatic rings. The molecule has 0 saturated carbocycles. The van der Waals surface area contributed by atoms with Crippen LogP contribution in [0.1, 0.15) is 33.1 Å². The predicted molar refractivity (Wildman–Crippen MR) is 70.2 cm³/mol. The first-order valence-corrected chi connectivity index (χ1v) is 6.87. The first-order valence-electron chi connectivity index (χ1n) is 5.72. The number of hydrogen-bond acceptors (Lipinski definition) is 4. The fourth-order valence-electron chi connectivity index (χ4n) is 1.43. The first-order chi connectivity index (χ1) is 8.31. The molecule has 0 fully saturated rings. The van der Waals surface area contributed by atoms with Crippen LogP contribution in [-0.2, 0) is 14.4 Å². The number of carbonyl (C=O) groups excluding carboxylic acids is 2. The standard InChI is InChI=1S/C11H20N2O4S/c1-3-5-11(2,10(16)17)13-9(15)4-6-18-7-8(12)14/h3-7H2,1-2H3,(H2,12,14)(H,13,15)(H,16,17). The zero-order valence-corrected chi connectivity index (χ0v) is 11.5. The van der Waals surface area contributed by atoms with Crippen molar-refractivity contribution in [1.82, 2.24) is 5.32 Å². The van der Waals surface area contributed by atoms with E-state index in [0.717, 1.165) is 0 Å². The Balaban J connectivity index is 4.11. The van der Waals surface area contributed by atoms with Gasteiger partial charge < -0.3 is 16.2 Å². The highest BCUT2D eigenvalue weighted by atomic mass is 32.2. The Labute approximate surface area is 111 Å². The molecular formula is C11H20N2O4S. The van der Waals surface area contributed by atoms with E-state index < -0.39 is 17.4 Å². The second kappa shape index (κ2) is 7.97. The number of carbonyl (C=O) groups is 3. The second-order valence-corrected chi connectivity index (χ2v) is 5.31. The SMILES string of the molecule is CCCC(C)(NC(=O)CCSCC(N)=O)C(=O)O. The molecule has 0 saturated heterocycles. The van der Waals surface area contributed by atoms with Crippen molar-refractivity contribution >= 4 is 29.5 Å². The van der Waals surface area contributed by atoms with Crippen LogP contribution in [0.2, 0.25) is 0 Å². The van der Waals surface area contributed by atoms with Gasteiger partial charge in [-0.05, 0) is 13.3 Å². The van der Waals surface area contributed by atoms with Gasteiger partial charge in [0.1, 0.15) is 5.54 Å². The third-order valence-electron chi connectivity index (χ3n) is 2.36. The lowest BCUT2D eigenvalue weighted by Crippen LogP contribution is -2.52. The van der Waals surface area contributed by atoms with Crippen molar-refractivity contribution in [2.24, 2.45) is 5.73 Å². The quantitative estimate of drug-likeness (QED) is 0.527. The average Bonchev–Trinajstić information content (AvgIpc) is 2.24. The molecule has 18 heavy (non-hydrogen) atoms. The number of carboxylic acids is 1. The Bertz CT molecular complexity index is 322. The Morgan fingerprint density at radius 3 is 2.44 bits per heavy atom. The molecule has 1 unspecified atom stereocenters. The van der Waals surface area contributed by atoms with E-state index in [4.69, 9.17) is 10.8 Å². The smallest absolute Gasteiger partial charge is 0.329 e. The first kappa shape index (κ1) is 16.8. The van der Waals surface area contributed by atoms with Gasteiger partial charge in [0.15, 0.2) is 0 Å². The van der Waals surface area contributed by atoms with Gasteiger partial charge in [0.2, 0.25) is 11.8 Å². The maximum atomic E-state index is 11.6. The number of nitrogens with two attached hydrogens (primary N) is 1. The number of rotatable bonds is 9. The number of nitrogens with one attached hydrogen (secondary N) is 1. The molecule has 6 nitrogen and oxygen atoms in total. The lowest BCUT2D eigenvalue weighted by atomic mass is 9.96. The van der Waals surface area contributed by atoms with Crippen LogP contribution in [0.25, 0.3) is 0 Å². The number of primary amides is 1. The summed E-state index contributed by atoms with van der Waals surface area (Å²) in [7, 11) is 0. The highest BCUT2D eigenvalue weighted by Crippen LogP contribution is 2.13. The molecule has 4 N–H and O–H groups in total. The van der Waals surface area contributed by atoms with E-state index in [0.29, 0.717) is 18.6 Å². The topological polar surface area (TPSA) is 109 Å². The molecule has 0 bridgehead atoms. The Morgan fingerprint density at radius 1 is 1.39 bits per heavy atom. The van der Waals surface area contributed by atoms with E-state index in [1.165, 1.54) is 18.7 Å². The maximum absolute atomic E-state index is 11.6. The van der Waals surface area contributed by atoms with E-state index in [-0.39, 0.29) is 18.1 Å². The van der Waals surface area contributed by atoms with Crippen molar-refractivity contribution in [2.75, 3.05) is 11.5 Å². The molecule has 7 heteroatoms. The summed E-state index contributed by atoms with van der Waals surface area (Å²) in [5.41, 5.74) is 3.73. The van der Waals surface area contributed by atoms with Gasteiger partial charge in [-0.1, -0.05) is 13.3 Å². The maximum Gasteiger partial charge on any atom is 0.329 e. The highest BCUT2D eigenvalue weighted by molar-refractivity contribution is 7.99. The van der Waals surface area contributed by atoms with Crippen LogP contribution in [0.4, 0.5) is 0 Å². The van der Waals surface area contributed by atoms with Crippen LogP contribution in [0.5, 0.6) is 0 Å². The average molecular weight is 276 g/mol. The molecule has 0 aromatic rings. The molecule has 0 aromatic carbocycles. The number of amides is 2. The van der Waals surface area contributed by atoms with E-state index in [9.17, 15) is 14.4 Å². The summed E-state index contributed by atoms with van der Waals surface area (Å²) in [6, 6.07) is 0.